The summed E-state index contributed by atoms with van der Waals surface area (Å²) in [5.41, 5.74) is 0.540. The third-order valence-corrected chi connectivity index (χ3v) is 5.00. The topological polar surface area (TPSA) is 0 Å². The summed E-state index contributed by atoms with van der Waals surface area (Å²) in [6, 6.07) is 0. The van der Waals surface area contributed by atoms with Crippen LogP contribution >= 0.6 is 0 Å². The molecule has 0 amide bonds. The number of rotatable bonds is 0. The Hall–Kier alpha value is -0.520. The minimum absolute atomic E-state index is 0.540. The molecule has 4 unspecified atom stereocenters. The summed E-state index contributed by atoms with van der Waals surface area (Å²) in [5, 5.41) is 0. The molecule has 0 heterocycles. The summed E-state index contributed by atoms with van der Waals surface area (Å²) in [6.45, 7) is 4.93. The summed E-state index contributed by atoms with van der Waals surface area (Å²) < 4.78 is 0. The highest BCUT2D eigenvalue weighted by molar-refractivity contribution is 5.17. The van der Waals surface area contributed by atoms with Gasteiger partial charge in [-0.2, -0.15) is 0 Å². The second-order valence-electron chi connectivity index (χ2n) is 5.98. The highest BCUT2D eigenvalue weighted by atomic mass is 14.5. The summed E-state index contributed by atoms with van der Waals surface area (Å²) in [4.78, 5) is 0. The fraction of sp³-hybridized carbons (Fsp3) is 0.714. The van der Waals surface area contributed by atoms with E-state index in [4.69, 9.17) is 0 Å². The van der Waals surface area contributed by atoms with Gasteiger partial charge in [-0.15, -0.1) is 0 Å². The van der Waals surface area contributed by atoms with Gasteiger partial charge < -0.3 is 0 Å². The van der Waals surface area contributed by atoms with Crippen LogP contribution in [0.5, 0.6) is 0 Å². The van der Waals surface area contributed by atoms with Gasteiger partial charge in [0.25, 0.3) is 0 Å². The molecule has 0 nitrogen and oxygen atoms in total. The predicted octanol–water partition coefficient (Wildman–Crippen LogP) is 3.80. The van der Waals surface area contributed by atoms with Gasteiger partial charge in [0.1, 0.15) is 0 Å². The van der Waals surface area contributed by atoms with Gasteiger partial charge in [0.15, 0.2) is 0 Å². The van der Waals surface area contributed by atoms with Crippen LogP contribution in [0.3, 0.4) is 0 Å². The Kier molecular flexibility index (Phi) is 1.72. The molecule has 3 aliphatic carbocycles. The molecule has 0 aromatic rings. The maximum Gasteiger partial charge on any atom is -0.0171 e. The first kappa shape index (κ1) is 8.76. The van der Waals surface area contributed by atoms with Crippen molar-refractivity contribution in [2.75, 3.05) is 0 Å². The summed E-state index contributed by atoms with van der Waals surface area (Å²) >= 11 is 0. The van der Waals surface area contributed by atoms with E-state index in [-0.39, 0.29) is 0 Å². The van der Waals surface area contributed by atoms with Crippen LogP contribution in [0.1, 0.15) is 33.1 Å². The van der Waals surface area contributed by atoms with Crippen LogP contribution in [0, 0.1) is 29.1 Å². The van der Waals surface area contributed by atoms with Crippen molar-refractivity contribution in [2.24, 2.45) is 29.1 Å². The first-order chi connectivity index (χ1) is 6.68. The van der Waals surface area contributed by atoms with Gasteiger partial charge in [-0.25, -0.2) is 0 Å². The van der Waals surface area contributed by atoms with Gasteiger partial charge >= 0.3 is 0 Å². The van der Waals surface area contributed by atoms with Crippen LogP contribution < -0.4 is 0 Å². The maximum absolute atomic E-state index is 2.50. The number of fused-ring (bicyclic) bond motifs is 3. The fourth-order valence-electron chi connectivity index (χ4n) is 3.73. The molecule has 0 heteroatoms. The number of allylic oxidation sites excluding steroid dienone is 4. The SMILES string of the molecule is CC1(C)C2C=CC1CC1CC=CC1C2. The van der Waals surface area contributed by atoms with Crippen LogP contribution in [-0.2, 0) is 0 Å². The minimum atomic E-state index is 0.540. The van der Waals surface area contributed by atoms with Crippen LogP contribution in [0.2, 0.25) is 0 Å². The van der Waals surface area contributed by atoms with Crippen molar-refractivity contribution in [3.63, 3.8) is 0 Å². The van der Waals surface area contributed by atoms with E-state index in [1.807, 2.05) is 0 Å². The van der Waals surface area contributed by atoms with Crippen LogP contribution in [0.25, 0.3) is 0 Å². The van der Waals surface area contributed by atoms with E-state index in [1.165, 1.54) is 19.3 Å². The Bertz CT molecular complexity index is 295. The third-order valence-electron chi connectivity index (χ3n) is 5.00. The highest BCUT2D eigenvalue weighted by Crippen LogP contribution is 2.54. The van der Waals surface area contributed by atoms with E-state index in [2.05, 4.69) is 38.2 Å². The Morgan fingerprint density at radius 3 is 2.50 bits per heavy atom. The third kappa shape index (κ3) is 1.06. The molecule has 3 aliphatic rings. The van der Waals surface area contributed by atoms with Crippen molar-refractivity contribution in [1.29, 1.82) is 0 Å². The molecule has 1 fully saturated rings. The molecule has 4 atom stereocenters. The van der Waals surface area contributed by atoms with E-state index < -0.39 is 0 Å². The van der Waals surface area contributed by atoms with Crippen molar-refractivity contribution in [3.8, 4) is 0 Å². The zero-order valence-electron chi connectivity index (χ0n) is 9.24. The van der Waals surface area contributed by atoms with Crippen LogP contribution in [-0.4, -0.2) is 0 Å². The molecule has 0 aromatic heterocycles. The summed E-state index contributed by atoms with van der Waals surface area (Å²) in [7, 11) is 0. The van der Waals surface area contributed by atoms with Crippen molar-refractivity contribution in [1.82, 2.24) is 0 Å². The molecule has 2 bridgehead atoms. The average Bonchev–Trinajstić information content (AvgIpc) is 2.58. The first-order valence-corrected chi connectivity index (χ1v) is 6.03. The van der Waals surface area contributed by atoms with E-state index in [9.17, 15) is 0 Å². The zero-order chi connectivity index (χ0) is 9.76. The largest absolute Gasteiger partial charge is 0.0880 e. The molecule has 0 aliphatic heterocycles. The van der Waals surface area contributed by atoms with Crippen molar-refractivity contribution < 1.29 is 0 Å². The number of hydrogen-bond acceptors (Lipinski definition) is 0. The molecule has 0 aromatic carbocycles. The molecule has 3 rings (SSSR count). The second-order valence-corrected chi connectivity index (χ2v) is 5.98. The van der Waals surface area contributed by atoms with Gasteiger partial charge in [-0.1, -0.05) is 38.2 Å². The maximum atomic E-state index is 2.50. The Balaban J connectivity index is 1.93. The smallest absolute Gasteiger partial charge is 0.0171 e. The lowest BCUT2D eigenvalue weighted by atomic mass is 9.73. The molecular weight excluding hydrogens is 168 g/mol. The minimum Gasteiger partial charge on any atom is -0.0880 e. The highest BCUT2D eigenvalue weighted by Gasteiger charge is 2.45. The van der Waals surface area contributed by atoms with Gasteiger partial charge in [0.05, 0.1) is 0 Å². The van der Waals surface area contributed by atoms with Crippen molar-refractivity contribution >= 4 is 0 Å². The lowest BCUT2D eigenvalue weighted by Crippen LogP contribution is -2.24. The van der Waals surface area contributed by atoms with Gasteiger partial charge in [0.2, 0.25) is 0 Å². The van der Waals surface area contributed by atoms with E-state index >= 15 is 0 Å². The molecule has 14 heavy (non-hydrogen) atoms. The predicted molar refractivity (Wildman–Crippen MR) is 59.9 cm³/mol. The van der Waals surface area contributed by atoms with Crippen LogP contribution in [0.4, 0.5) is 0 Å². The van der Waals surface area contributed by atoms with E-state index in [0.29, 0.717) is 5.41 Å². The van der Waals surface area contributed by atoms with Gasteiger partial charge in [0, 0.05) is 0 Å². The molecule has 1 saturated carbocycles. The molecule has 76 valence electrons. The van der Waals surface area contributed by atoms with Gasteiger partial charge in [-0.3, -0.25) is 0 Å². The Labute approximate surface area is 87.1 Å². The Morgan fingerprint density at radius 2 is 1.71 bits per heavy atom. The molecular formula is C14H20. The lowest BCUT2D eigenvalue weighted by Gasteiger charge is -2.31. The lowest BCUT2D eigenvalue weighted by molar-refractivity contribution is 0.202. The average molecular weight is 188 g/mol. The Morgan fingerprint density at radius 1 is 1.00 bits per heavy atom. The van der Waals surface area contributed by atoms with Crippen molar-refractivity contribution in [2.45, 2.75) is 33.1 Å². The normalized spacial score (nSPS) is 47.9. The molecule has 0 saturated heterocycles. The molecule has 0 N–H and O–H groups in total. The summed E-state index contributed by atoms with van der Waals surface area (Å²) in [6.07, 6.45) is 14.1. The quantitative estimate of drug-likeness (QED) is 0.507. The second kappa shape index (κ2) is 2.74. The summed E-state index contributed by atoms with van der Waals surface area (Å²) in [5.74, 6) is 3.55. The molecule has 0 radical (unpaired) electrons. The standard InChI is InChI=1S/C14H20/c1-14(2)12-6-7-13(14)9-11-5-3-4-10(11)8-12/h3-4,6-7,10-13H,5,8-9H2,1-2H3. The monoisotopic (exact) mass is 188 g/mol. The van der Waals surface area contributed by atoms with E-state index in [1.54, 1.807) is 0 Å². The zero-order valence-corrected chi connectivity index (χ0v) is 9.24. The fourth-order valence-corrected chi connectivity index (χ4v) is 3.73. The van der Waals surface area contributed by atoms with Crippen LogP contribution in [0.15, 0.2) is 24.3 Å². The first-order valence-electron chi connectivity index (χ1n) is 6.03. The van der Waals surface area contributed by atoms with Gasteiger partial charge in [-0.05, 0) is 48.3 Å². The molecule has 0 spiro atoms. The number of hydrogen-bond donors (Lipinski definition) is 0. The van der Waals surface area contributed by atoms with Crippen molar-refractivity contribution in [3.05, 3.63) is 24.3 Å². The van der Waals surface area contributed by atoms with E-state index in [0.717, 1.165) is 23.7 Å².